The molecule has 0 atom stereocenters. The van der Waals surface area contributed by atoms with Gasteiger partial charge in [0.2, 0.25) is 10.8 Å². The quantitative estimate of drug-likeness (QED) is 0.630. The average Bonchev–Trinajstić information content (AvgIpc) is 2.76. The number of aromatic nitrogens is 1. The summed E-state index contributed by atoms with van der Waals surface area (Å²) in [6.45, 7) is 0. The number of thiazole rings is 1. The summed E-state index contributed by atoms with van der Waals surface area (Å²) in [6.07, 6.45) is -4.88. The highest BCUT2D eigenvalue weighted by atomic mass is 32.1. The number of carbonyl (C=O) groups excluding carboxylic acids is 1. The lowest BCUT2D eigenvalue weighted by atomic mass is 10.3. The Kier molecular flexibility index (Phi) is 3.52. The number of aliphatic imine (C=N–C) groups is 1. The average molecular weight is 288 g/mol. The van der Waals surface area contributed by atoms with Gasteiger partial charge < -0.3 is 4.74 Å². The summed E-state index contributed by atoms with van der Waals surface area (Å²) in [5.74, 6) is -1.54. The summed E-state index contributed by atoms with van der Waals surface area (Å²) in [7, 11) is 0.863. The van der Waals surface area contributed by atoms with Gasteiger partial charge in [0.1, 0.15) is 0 Å². The van der Waals surface area contributed by atoms with Gasteiger partial charge in [0, 0.05) is 0 Å². The first-order valence-electron chi connectivity index (χ1n) is 5.01. The van der Waals surface area contributed by atoms with Crippen LogP contribution in [0.25, 0.3) is 10.2 Å². The van der Waals surface area contributed by atoms with E-state index < -0.39 is 17.9 Å². The molecule has 0 saturated heterocycles. The Hall–Kier alpha value is -1.96. The fraction of sp³-hybridized carbons (Fsp3) is 0.182. The minimum absolute atomic E-state index is 0.140. The van der Waals surface area contributed by atoms with E-state index in [0.29, 0.717) is 10.2 Å². The van der Waals surface area contributed by atoms with Crippen LogP contribution in [0.5, 0.6) is 0 Å². The van der Waals surface area contributed by atoms with Crippen molar-refractivity contribution in [1.82, 2.24) is 4.98 Å². The first kappa shape index (κ1) is 13.5. The van der Waals surface area contributed by atoms with E-state index in [1.54, 1.807) is 24.3 Å². The third-order valence-electron chi connectivity index (χ3n) is 2.14. The topological polar surface area (TPSA) is 51.5 Å². The smallest absolute Gasteiger partial charge is 0.440 e. The molecule has 4 nitrogen and oxygen atoms in total. The highest BCUT2D eigenvalue weighted by molar-refractivity contribution is 7.22. The number of para-hydroxylation sites is 1. The molecule has 0 aliphatic carbocycles. The maximum Gasteiger partial charge on any atom is 0.440 e. The third-order valence-corrected chi connectivity index (χ3v) is 3.07. The molecule has 1 heterocycles. The van der Waals surface area contributed by atoms with Crippen molar-refractivity contribution >= 4 is 38.4 Å². The van der Waals surface area contributed by atoms with Crippen LogP contribution in [0.1, 0.15) is 0 Å². The molecule has 1 aromatic carbocycles. The Morgan fingerprint density at radius 1 is 1.37 bits per heavy atom. The lowest BCUT2D eigenvalue weighted by Gasteiger charge is -2.06. The number of rotatable bonds is 2. The molecule has 0 radical (unpaired) electrons. The van der Waals surface area contributed by atoms with Crippen LogP contribution >= 0.6 is 11.3 Å². The fourth-order valence-corrected chi connectivity index (χ4v) is 2.17. The molecule has 0 amide bonds. The van der Waals surface area contributed by atoms with Gasteiger partial charge in [0.25, 0.3) is 0 Å². The standard InChI is InChI=1S/C11H7F3N2O2S/c1-18-9(17)8(11(12,13)14)16-10-15-6-4-2-3-5-7(6)19-10/h2-5H,1H3/b16-8-. The number of alkyl halides is 3. The lowest BCUT2D eigenvalue weighted by molar-refractivity contribution is -0.137. The zero-order valence-electron chi connectivity index (χ0n) is 9.56. The number of carbonyl (C=O) groups is 1. The predicted molar refractivity (Wildman–Crippen MR) is 64.8 cm³/mol. The predicted octanol–water partition coefficient (Wildman–Crippen LogP) is 3.10. The minimum atomic E-state index is -4.88. The molecule has 100 valence electrons. The van der Waals surface area contributed by atoms with Crippen LogP contribution in [0.3, 0.4) is 0 Å². The van der Waals surface area contributed by atoms with Crippen molar-refractivity contribution in [3.63, 3.8) is 0 Å². The number of nitrogens with zero attached hydrogens (tertiary/aromatic N) is 2. The molecule has 2 rings (SSSR count). The van der Waals surface area contributed by atoms with E-state index in [0.717, 1.165) is 18.4 Å². The van der Waals surface area contributed by atoms with Crippen LogP contribution in [-0.4, -0.2) is 30.0 Å². The Balaban J connectivity index is 2.49. The van der Waals surface area contributed by atoms with Crippen molar-refractivity contribution < 1.29 is 22.7 Å². The maximum atomic E-state index is 12.6. The molecule has 0 fully saturated rings. The number of hydrogen-bond donors (Lipinski definition) is 0. The molecule has 8 heteroatoms. The summed E-state index contributed by atoms with van der Waals surface area (Å²) < 4.78 is 42.7. The van der Waals surface area contributed by atoms with Crippen LogP contribution < -0.4 is 0 Å². The van der Waals surface area contributed by atoms with Gasteiger partial charge in [0.15, 0.2) is 0 Å². The van der Waals surface area contributed by atoms with Crippen molar-refractivity contribution in [2.45, 2.75) is 6.18 Å². The molecule has 0 spiro atoms. The van der Waals surface area contributed by atoms with Gasteiger partial charge in [-0.3, -0.25) is 0 Å². The lowest BCUT2D eigenvalue weighted by Crippen LogP contribution is -2.31. The summed E-state index contributed by atoms with van der Waals surface area (Å²) in [6, 6.07) is 6.80. The number of hydrogen-bond acceptors (Lipinski definition) is 5. The largest absolute Gasteiger partial charge is 0.464 e. The molecule has 2 aromatic rings. The molecule has 0 bridgehead atoms. The van der Waals surface area contributed by atoms with E-state index >= 15 is 0 Å². The SMILES string of the molecule is COC(=O)/C(=N/c1nc2ccccc2s1)C(F)(F)F. The third kappa shape index (κ3) is 2.90. The van der Waals surface area contributed by atoms with E-state index in [4.69, 9.17) is 0 Å². The highest BCUT2D eigenvalue weighted by Crippen LogP contribution is 2.30. The van der Waals surface area contributed by atoms with Crippen LogP contribution in [0, 0.1) is 0 Å². The normalized spacial score (nSPS) is 12.7. The van der Waals surface area contributed by atoms with Crippen molar-refractivity contribution in [3.05, 3.63) is 24.3 Å². The van der Waals surface area contributed by atoms with E-state index in [1.807, 2.05) is 0 Å². The second kappa shape index (κ2) is 4.96. The molecule has 1 aromatic heterocycles. The van der Waals surface area contributed by atoms with E-state index in [-0.39, 0.29) is 5.13 Å². The van der Waals surface area contributed by atoms with Crippen LogP contribution in [0.15, 0.2) is 29.3 Å². The molecule has 0 saturated carbocycles. The molecule has 0 N–H and O–H groups in total. The van der Waals surface area contributed by atoms with E-state index in [2.05, 4.69) is 14.7 Å². The minimum Gasteiger partial charge on any atom is -0.464 e. The Morgan fingerprint density at radius 3 is 2.63 bits per heavy atom. The van der Waals surface area contributed by atoms with Crippen LogP contribution in [-0.2, 0) is 9.53 Å². The van der Waals surface area contributed by atoms with Gasteiger partial charge in [0.05, 0.1) is 17.3 Å². The molecule has 0 aliphatic heterocycles. The Labute approximate surface area is 109 Å². The highest BCUT2D eigenvalue weighted by Gasteiger charge is 2.42. The number of methoxy groups -OCH3 is 1. The molecule has 19 heavy (non-hydrogen) atoms. The zero-order valence-corrected chi connectivity index (χ0v) is 10.4. The Morgan fingerprint density at radius 2 is 2.05 bits per heavy atom. The number of benzene rings is 1. The van der Waals surface area contributed by atoms with Crippen molar-refractivity contribution in [1.29, 1.82) is 0 Å². The molecular weight excluding hydrogens is 281 g/mol. The van der Waals surface area contributed by atoms with Crippen LogP contribution in [0.4, 0.5) is 18.3 Å². The van der Waals surface area contributed by atoms with Gasteiger partial charge in [-0.15, -0.1) is 0 Å². The van der Waals surface area contributed by atoms with E-state index in [9.17, 15) is 18.0 Å². The Bertz CT molecular complexity index is 616. The number of halogens is 3. The summed E-state index contributed by atoms with van der Waals surface area (Å²) >= 11 is 0.963. The molecule has 0 aliphatic rings. The molecular formula is C11H7F3N2O2S. The van der Waals surface area contributed by atoms with Gasteiger partial charge >= 0.3 is 12.1 Å². The van der Waals surface area contributed by atoms with Crippen molar-refractivity contribution in [3.8, 4) is 0 Å². The van der Waals surface area contributed by atoms with Crippen molar-refractivity contribution in [2.24, 2.45) is 4.99 Å². The fourth-order valence-electron chi connectivity index (χ4n) is 1.32. The first-order chi connectivity index (χ1) is 8.91. The van der Waals surface area contributed by atoms with Gasteiger partial charge in [-0.25, -0.2) is 14.8 Å². The van der Waals surface area contributed by atoms with Gasteiger partial charge in [-0.1, -0.05) is 23.5 Å². The summed E-state index contributed by atoms with van der Waals surface area (Å²) in [4.78, 5) is 18.3. The van der Waals surface area contributed by atoms with Gasteiger partial charge in [-0.05, 0) is 12.1 Å². The second-order valence-corrected chi connectivity index (χ2v) is 4.42. The zero-order chi connectivity index (χ0) is 14.0. The number of fused-ring (bicyclic) bond motifs is 1. The summed E-state index contributed by atoms with van der Waals surface area (Å²) in [5.41, 5.74) is -1.09. The first-order valence-corrected chi connectivity index (χ1v) is 5.83. The summed E-state index contributed by atoms with van der Waals surface area (Å²) in [5, 5.41) is -0.140. The maximum absolute atomic E-state index is 12.6. The number of ether oxygens (including phenoxy) is 1. The number of esters is 1. The molecule has 0 unspecified atom stereocenters. The van der Waals surface area contributed by atoms with Crippen LogP contribution in [0.2, 0.25) is 0 Å². The van der Waals surface area contributed by atoms with Crippen molar-refractivity contribution in [2.75, 3.05) is 7.11 Å². The van der Waals surface area contributed by atoms with E-state index in [1.165, 1.54) is 0 Å². The van der Waals surface area contributed by atoms with Gasteiger partial charge in [-0.2, -0.15) is 13.2 Å². The monoisotopic (exact) mass is 288 g/mol. The second-order valence-electron chi connectivity index (χ2n) is 3.41.